The van der Waals surface area contributed by atoms with Crippen LogP contribution < -0.4 is 11.4 Å². The second kappa shape index (κ2) is 5.04. The third kappa shape index (κ3) is 2.05. The summed E-state index contributed by atoms with van der Waals surface area (Å²) in [5.74, 6) is -0.137. The van der Waals surface area contributed by atoms with Gasteiger partial charge in [-0.05, 0) is 6.07 Å². The standard InChI is InChI=1S/C10H12F3N3O4/c11-5-6(18)10(3-17,8(12)13)20-7(5)16-2-1-4(14)15-9(16)19/h1-2,5-8,17-18H,3H2,(H2,14,15,19). The Morgan fingerprint density at radius 3 is 2.70 bits per heavy atom. The molecule has 4 N–H and O–H groups in total. The molecular formula is C10H12F3N3O4. The molecule has 1 aliphatic heterocycles. The van der Waals surface area contributed by atoms with E-state index in [1.165, 1.54) is 0 Å². The summed E-state index contributed by atoms with van der Waals surface area (Å²) in [5, 5.41) is 18.6. The molecule has 1 aromatic heterocycles. The molecule has 2 rings (SSSR count). The average molecular weight is 295 g/mol. The van der Waals surface area contributed by atoms with Crippen molar-refractivity contribution >= 4 is 5.82 Å². The lowest BCUT2D eigenvalue weighted by atomic mass is 9.97. The number of hydrogen-bond donors (Lipinski definition) is 3. The molecule has 7 nitrogen and oxygen atoms in total. The largest absolute Gasteiger partial charge is 0.393 e. The van der Waals surface area contributed by atoms with Gasteiger partial charge in [-0.25, -0.2) is 18.0 Å². The van der Waals surface area contributed by atoms with Crippen molar-refractivity contribution in [3.05, 3.63) is 22.7 Å². The number of alkyl halides is 3. The molecule has 0 radical (unpaired) electrons. The first kappa shape index (κ1) is 14.8. The van der Waals surface area contributed by atoms with Gasteiger partial charge >= 0.3 is 5.69 Å². The van der Waals surface area contributed by atoms with Gasteiger partial charge in [0.2, 0.25) is 0 Å². The fraction of sp³-hybridized carbons (Fsp3) is 0.600. The number of aromatic nitrogens is 2. The number of ether oxygens (including phenoxy) is 1. The molecule has 1 fully saturated rings. The number of nitrogens with zero attached hydrogens (tertiary/aromatic N) is 2. The fourth-order valence-corrected chi connectivity index (χ4v) is 2.00. The number of anilines is 1. The highest BCUT2D eigenvalue weighted by atomic mass is 19.3. The van der Waals surface area contributed by atoms with E-state index < -0.39 is 42.8 Å². The second-order valence-electron chi connectivity index (χ2n) is 4.35. The summed E-state index contributed by atoms with van der Waals surface area (Å²) >= 11 is 0. The predicted octanol–water partition coefficient (Wildman–Crippen LogP) is -0.950. The van der Waals surface area contributed by atoms with Crippen LogP contribution in [0.15, 0.2) is 17.1 Å². The van der Waals surface area contributed by atoms with E-state index in [-0.39, 0.29) is 5.82 Å². The molecular weight excluding hydrogens is 283 g/mol. The van der Waals surface area contributed by atoms with Crippen LogP contribution in [0.3, 0.4) is 0 Å². The van der Waals surface area contributed by atoms with E-state index in [1.807, 2.05) is 0 Å². The van der Waals surface area contributed by atoms with Gasteiger partial charge < -0.3 is 20.7 Å². The minimum absolute atomic E-state index is 0.137. The Balaban J connectivity index is 2.42. The van der Waals surface area contributed by atoms with E-state index in [1.54, 1.807) is 0 Å². The van der Waals surface area contributed by atoms with Crippen LogP contribution in [0.2, 0.25) is 0 Å². The predicted molar refractivity (Wildman–Crippen MR) is 59.8 cm³/mol. The van der Waals surface area contributed by atoms with Crippen LogP contribution in [0, 0.1) is 0 Å². The number of nitrogen functional groups attached to an aromatic ring is 1. The molecule has 1 aromatic rings. The Morgan fingerprint density at radius 2 is 2.25 bits per heavy atom. The summed E-state index contributed by atoms with van der Waals surface area (Å²) in [6.07, 6.45) is -8.79. The lowest BCUT2D eigenvalue weighted by Crippen LogP contribution is -2.51. The van der Waals surface area contributed by atoms with E-state index in [0.29, 0.717) is 4.57 Å². The molecule has 0 saturated carbocycles. The van der Waals surface area contributed by atoms with Crippen molar-refractivity contribution in [2.75, 3.05) is 12.3 Å². The van der Waals surface area contributed by atoms with E-state index in [9.17, 15) is 23.1 Å². The first-order chi connectivity index (χ1) is 9.33. The highest BCUT2D eigenvalue weighted by Gasteiger charge is 2.61. The van der Waals surface area contributed by atoms with Crippen molar-refractivity contribution in [3.63, 3.8) is 0 Å². The average Bonchev–Trinajstić information content (AvgIpc) is 2.64. The van der Waals surface area contributed by atoms with Crippen LogP contribution in [0.1, 0.15) is 6.23 Å². The number of nitrogens with two attached hydrogens (primary N) is 1. The van der Waals surface area contributed by atoms with Crippen LogP contribution in [-0.4, -0.2) is 50.7 Å². The first-order valence-electron chi connectivity index (χ1n) is 5.57. The van der Waals surface area contributed by atoms with E-state index in [2.05, 4.69) is 4.98 Å². The first-order valence-corrected chi connectivity index (χ1v) is 5.57. The molecule has 0 aromatic carbocycles. The van der Waals surface area contributed by atoms with E-state index in [0.717, 1.165) is 12.3 Å². The minimum atomic E-state index is -3.34. The summed E-state index contributed by atoms with van der Waals surface area (Å²) in [7, 11) is 0. The van der Waals surface area contributed by atoms with Gasteiger partial charge in [-0.2, -0.15) is 4.98 Å². The van der Waals surface area contributed by atoms with Crippen LogP contribution in [0.4, 0.5) is 19.0 Å². The molecule has 4 atom stereocenters. The van der Waals surface area contributed by atoms with Crippen molar-refractivity contribution in [1.82, 2.24) is 9.55 Å². The topological polar surface area (TPSA) is 111 Å². The van der Waals surface area contributed by atoms with Crippen LogP contribution in [0.5, 0.6) is 0 Å². The number of halogens is 3. The van der Waals surface area contributed by atoms with Gasteiger partial charge in [0, 0.05) is 6.20 Å². The second-order valence-corrected chi connectivity index (χ2v) is 4.35. The number of aliphatic hydroxyl groups excluding tert-OH is 2. The Kier molecular flexibility index (Phi) is 3.71. The van der Waals surface area contributed by atoms with Gasteiger partial charge in [0.25, 0.3) is 6.43 Å². The van der Waals surface area contributed by atoms with Gasteiger partial charge in [0.1, 0.15) is 11.9 Å². The number of rotatable bonds is 3. The summed E-state index contributed by atoms with van der Waals surface area (Å²) < 4.78 is 45.2. The maximum atomic E-state index is 14.0. The zero-order valence-electron chi connectivity index (χ0n) is 9.99. The molecule has 0 aliphatic carbocycles. The normalized spacial score (nSPS) is 33.8. The molecule has 1 saturated heterocycles. The summed E-state index contributed by atoms with van der Waals surface area (Å²) in [6.45, 7) is -1.31. The quantitative estimate of drug-likeness (QED) is 0.663. The highest BCUT2D eigenvalue weighted by molar-refractivity contribution is 5.23. The number of hydrogen-bond acceptors (Lipinski definition) is 6. The molecule has 0 bridgehead atoms. The third-order valence-electron chi connectivity index (χ3n) is 3.16. The lowest BCUT2D eigenvalue weighted by Gasteiger charge is -2.28. The maximum Gasteiger partial charge on any atom is 0.351 e. The Bertz CT molecular complexity index is 555. The zero-order chi connectivity index (χ0) is 15.1. The molecule has 4 unspecified atom stereocenters. The Morgan fingerprint density at radius 1 is 1.60 bits per heavy atom. The lowest BCUT2D eigenvalue weighted by molar-refractivity contribution is -0.195. The van der Waals surface area contributed by atoms with Crippen molar-refractivity contribution in [2.45, 2.75) is 30.5 Å². The summed E-state index contributed by atoms with van der Waals surface area (Å²) in [5.41, 5.74) is 1.44. The van der Waals surface area contributed by atoms with Gasteiger partial charge in [0.05, 0.1) is 6.61 Å². The molecule has 1 aliphatic rings. The number of aliphatic hydroxyl groups is 2. The summed E-state index contributed by atoms with van der Waals surface area (Å²) in [4.78, 5) is 14.8. The van der Waals surface area contributed by atoms with Gasteiger partial charge in [-0.3, -0.25) is 4.57 Å². The Labute approximate surface area is 110 Å². The zero-order valence-corrected chi connectivity index (χ0v) is 9.99. The summed E-state index contributed by atoms with van der Waals surface area (Å²) in [6, 6.07) is 1.14. The molecule has 0 amide bonds. The van der Waals surface area contributed by atoms with Gasteiger partial charge in [-0.15, -0.1) is 0 Å². The van der Waals surface area contributed by atoms with E-state index >= 15 is 0 Å². The van der Waals surface area contributed by atoms with Crippen LogP contribution in [0.25, 0.3) is 0 Å². The van der Waals surface area contributed by atoms with Crippen LogP contribution in [-0.2, 0) is 4.74 Å². The molecule has 20 heavy (non-hydrogen) atoms. The minimum Gasteiger partial charge on any atom is -0.393 e. The SMILES string of the molecule is Nc1ccn(C2OC(CO)(C(F)F)C(O)C2F)c(=O)n1. The van der Waals surface area contributed by atoms with Crippen molar-refractivity contribution in [2.24, 2.45) is 0 Å². The van der Waals surface area contributed by atoms with Crippen molar-refractivity contribution in [3.8, 4) is 0 Å². The van der Waals surface area contributed by atoms with E-state index in [4.69, 9.17) is 15.6 Å². The maximum absolute atomic E-state index is 14.0. The van der Waals surface area contributed by atoms with Gasteiger partial charge in [0.15, 0.2) is 18.0 Å². The third-order valence-corrected chi connectivity index (χ3v) is 3.16. The van der Waals surface area contributed by atoms with Crippen LogP contribution >= 0.6 is 0 Å². The molecule has 0 spiro atoms. The molecule has 10 heteroatoms. The molecule has 2 heterocycles. The van der Waals surface area contributed by atoms with Gasteiger partial charge in [-0.1, -0.05) is 0 Å². The monoisotopic (exact) mass is 295 g/mol. The van der Waals surface area contributed by atoms with Crippen molar-refractivity contribution < 1.29 is 28.1 Å². The van der Waals surface area contributed by atoms with Crippen molar-refractivity contribution in [1.29, 1.82) is 0 Å². The Hall–Kier alpha value is -1.65. The highest BCUT2D eigenvalue weighted by Crippen LogP contribution is 2.41. The molecule has 112 valence electrons. The fourth-order valence-electron chi connectivity index (χ4n) is 2.00. The smallest absolute Gasteiger partial charge is 0.351 e.